The quantitative estimate of drug-likeness (QED) is 0.258. The zero-order valence-electron chi connectivity index (χ0n) is 15.8. The minimum absolute atomic E-state index is 0.269. The predicted octanol–water partition coefficient (Wildman–Crippen LogP) is 6.14. The standard InChI is InChI=1S/C20H18Cl2N4O3S/c21-16-8-6-13(10-17(16)22)18-12-30-20(24-14-4-2-1-3-5-14)25(18)23-11-15-7-9-19(29-15)26(27)28/h6-12,14H,1-5H2. The summed E-state index contributed by atoms with van der Waals surface area (Å²) < 4.78 is 6.90. The lowest BCUT2D eigenvalue weighted by Gasteiger charge is -2.16. The van der Waals surface area contributed by atoms with Crippen LogP contribution in [-0.4, -0.2) is 21.9 Å². The molecule has 0 radical (unpaired) electrons. The van der Waals surface area contributed by atoms with Crippen molar-refractivity contribution in [2.45, 2.75) is 38.1 Å². The van der Waals surface area contributed by atoms with Crippen LogP contribution in [0.5, 0.6) is 0 Å². The number of nitrogens with zero attached hydrogens (tertiary/aromatic N) is 4. The maximum absolute atomic E-state index is 10.8. The third-order valence-corrected chi connectivity index (χ3v) is 6.43. The summed E-state index contributed by atoms with van der Waals surface area (Å²) in [7, 11) is 0. The maximum atomic E-state index is 10.8. The molecular weight excluding hydrogens is 447 g/mol. The van der Waals surface area contributed by atoms with E-state index in [1.807, 2.05) is 11.4 Å². The molecule has 1 fully saturated rings. The van der Waals surface area contributed by atoms with Crippen LogP contribution in [0.3, 0.4) is 0 Å². The van der Waals surface area contributed by atoms with E-state index in [0.29, 0.717) is 10.0 Å². The first kappa shape index (κ1) is 20.8. The van der Waals surface area contributed by atoms with Gasteiger partial charge in [0.2, 0.25) is 4.80 Å². The summed E-state index contributed by atoms with van der Waals surface area (Å²) >= 11 is 13.8. The van der Waals surface area contributed by atoms with E-state index in [1.165, 1.54) is 48.9 Å². The number of thiazole rings is 1. The summed E-state index contributed by atoms with van der Waals surface area (Å²) in [6.45, 7) is 0. The first-order chi connectivity index (χ1) is 14.5. The van der Waals surface area contributed by atoms with Crippen LogP contribution in [0.1, 0.15) is 37.9 Å². The minimum atomic E-state index is -0.583. The van der Waals surface area contributed by atoms with E-state index in [1.54, 1.807) is 16.8 Å². The lowest BCUT2D eigenvalue weighted by atomic mass is 9.96. The molecule has 0 atom stereocenters. The fraction of sp³-hybridized carbons (Fsp3) is 0.300. The van der Waals surface area contributed by atoms with Gasteiger partial charge in [0.15, 0.2) is 5.76 Å². The topological polar surface area (TPSA) is 85.9 Å². The lowest BCUT2D eigenvalue weighted by molar-refractivity contribution is -0.402. The molecule has 7 nitrogen and oxygen atoms in total. The fourth-order valence-corrected chi connectivity index (χ4v) is 4.55. The van der Waals surface area contributed by atoms with Gasteiger partial charge in [-0.25, -0.2) is 4.68 Å². The van der Waals surface area contributed by atoms with E-state index >= 15 is 0 Å². The maximum Gasteiger partial charge on any atom is 0.433 e. The number of benzene rings is 1. The van der Waals surface area contributed by atoms with Gasteiger partial charge in [-0.2, -0.15) is 5.10 Å². The van der Waals surface area contributed by atoms with Crippen molar-refractivity contribution in [2.24, 2.45) is 10.1 Å². The molecule has 2 heterocycles. The van der Waals surface area contributed by atoms with Crippen molar-refractivity contribution in [2.75, 3.05) is 0 Å². The zero-order valence-corrected chi connectivity index (χ0v) is 18.2. The number of hydrogen-bond donors (Lipinski definition) is 0. The van der Waals surface area contributed by atoms with Crippen molar-refractivity contribution < 1.29 is 9.34 Å². The Balaban J connectivity index is 1.76. The molecule has 0 unspecified atom stereocenters. The van der Waals surface area contributed by atoms with E-state index < -0.39 is 4.92 Å². The first-order valence-corrected chi connectivity index (χ1v) is 11.1. The van der Waals surface area contributed by atoms with Gasteiger partial charge in [-0.1, -0.05) is 48.5 Å². The number of aromatic nitrogens is 1. The molecule has 0 N–H and O–H groups in total. The van der Waals surface area contributed by atoms with Crippen molar-refractivity contribution in [3.63, 3.8) is 0 Å². The normalized spacial score (nSPS) is 15.9. The highest BCUT2D eigenvalue weighted by Crippen LogP contribution is 2.29. The van der Waals surface area contributed by atoms with Crippen LogP contribution in [0, 0.1) is 10.1 Å². The summed E-state index contributed by atoms with van der Waals surface area (Å²) in [5.74, 6) is -0.0484. The Bertz CT molecular complexity index is 1160. The molecule has 2 aromatic heterocycles. The third kappa shape index (κ3) is 4.66. The Kier molecular flexibility index (Phi) is 6.36. The molecular formula is C20H18Cl2N4O3S. The molecule has 156 valence electrons. The molecule has 0 amide bonds. The second kappa shape index (κ2) is 9.16. The van der Waals surface area contributed by atoms with Gasteiger partial charge in [0.25, 0.3) is 0 Å². The summed E-state index contributed by atoms with van der Waals surface area (Å²) in [5.41, 5.74) is 1.64. The highest BCUT2D eigenvalue weighted by atomic mass is 35.5. The van der Waals surface area contributed by atoms with E-state index in [0.717, 1.165) is 28.9 Å². The van der Waals surface area contributed by atoms with Crippen LogP contribution < -0.4 is 4.80 Å². The average molecular weight is 465 g/mol. The Morgan fingerprint density at radius 1 is 1.17 bits per heavy atom. The van der Waals surface area contributed by atoms with Gasteiger partial charge >= 0.3 is 5.88 Å². The van der Waals surface area contributed by atoms with Crippen molar-refractivity contribution in [3.8, 4) is 11.3 Å². The van der Waals surface area contributed by atoms with Gasteiger partial charge in [-0.15, -0.1) is 11.3 Å². The largest absolute Gasteiger partial charge is 0.433 e. The highest BCUT2D eigenvalue weighted by molar-refractivity contribution is 7.07. The Morgan fingerprint density at radius 2 is 1.97 bits per heavy atom. The molecule has 0 saturated heterocycles. The monoisotopic (exact) mass is 464 g/mol. The smallest absolute Gasteiger partial charge is 0.400 e. The molecule has 30 heavy (non-hydrogen) atoms. The average Bonchev–Trinajstić information content (AvgIpc) is 3.37. The molecule has 10 heteroatoms. The Hall–Kier alpha value is -2.42. The summed E-state index contributed by atoms with van der Waals surface area (Å²) in [4.78, 5) is 15.9. The Labute approximate surface area is 186 Å². The van der Waals surface area contributed by atoms with E-state index in [-0.39, 0.29) is 17.7 Å². The van der Waals surface area contributed by atoms with Crippen LogP contribution in [0.15, 0.2) is 50.2 Å². The van der Waals surface area contributed by atoms with Crippen molar-refractivity contribution in [1.82, 2.24) is 4.68 Å². The molecule has 0 spiro atoms. The zero-order chi connectivity index (χ0) is 21.1. The minimum Gasteiger partial charge on any atom is -0.400 e. The summed E-state index contributed by atoms with van der Waals surface area (Å²) in [6.07, 6.45) is 7.18. The van der Waals surface area contributed by atoms with E-state index in [4.69, 9.17) is 32.6 Å². The van der Waals surface area contributed by atoms with Crippen LogP contribution >= 0.6 is 34.5 Å². The molecule has 3 aromatic rings. The molecule has 1 aromatic carbocycles. The van der Waals surface area contributed by atoms with Crippen LogP contribution in [0.2, 0.25) is 10.0 Å². The first-order valence-electron chi connectivity index (χ1n) is 9.49. The van der Waals surface area contributed by atoms with Crippen LogP contribution in [-0.2, 0) is 0 Å². The second-order valence-electron chi connectivity index (χ2n) is 6.94. The molecule has 1 aliphatic carbocycles. The van der Waals surface area contributed by atoms with Gasteiger partial charge in [-0.3, -0.25) is 15.1 Å². The summed E-state index contributed by atoms with van der Waals surface area (Å²) in [5, 5.41) is 18.2. The number of rotatable bonds is 5. The Morgan fingerprint density at radius 3 is 2.67 bits per heavy atom. The SMILES string of the molecule is O=[N+]([O-])c1ccc(C=Nn2c(-c3ccc(Cl)c(Cl)c3)csc2=NC2CCCCC2)o1. The number of furan rings is 1. The van der Waals surface area contributed by atoms with Gasteiger partial charge in [-0.05, 0) is 31.0 Å². The van der Waals surface area contributed by atoms with E-state index in [9.17, 15) is 10.1 Å². The predicted molar refractivity (Wildman–Crippen MR) is 119 cm³/mol. The molecule has 1 saturated carbocycles. The lowest BCUT2D eigenvalue weighted by Crippen LogP contribution is -2.19. The van der Waals surface area contributed by atoms with Gasteiger partial charge in [0, 0.05) is 10.9 Å². The van der Waals surface area contributed by atoms with Crippen molar-refractivity contribution >= 4 is 46.6 Å². The summed E-state index contributed by atoms with van der Waals surface area (Å²) in [6, 6.07) is 8.45. The van der Waals surface area contributed by atoms with Crippen LogP contribution in [0.4, 0.5) is 5.88 Å². The van der Waals surface area contributed by atoms with Crippen molar-refractivity contribution in [1.29, 1.82) is 0 Å². The van der Waals surface area contributed by atoms with E-state index in [2.05, 4.69) is 5.10 Å². The number of nitro groups is 1. The second-order valence-corrected chi connectivity index (χ2v) is 8.59. The van der Waals surface area contributed by atoms with Gasteiger partial charge in [0.05, 0.1) is 34.1 Å². The fourth-order valence-electron chi connectivity index (χ4n) is 3.34. The van der Waals surface area contributed by atoms with Gasteiger partial charge in [0.1, 0.15) is 4.92 Å². The van der Waals surface area contributed by atoms with Crippen LogP contribution in [0.25, 0.3) is 11.3 Å². The van der Waals surface area contributed by atoms with Gasteiger partial charge < -0.3 is 4.42 Å². The molecule has 0 aliphatic heterocycles. The molecule has 4 rings (SSSR count). The molecule has 1 aliphatic rings. The number of halogens is 2. The third-order valence-electron chi connectivity index (χ3n) is 4.86. The number of hydrogen-bond acceptors (Lipinski definition) is 6. The highest BCUT2D eigenvalue weighted by Gasteiger charge is 2.15. The molecule has 0 bridgehead atoms. The van der Waals surface area contributed by atoms with Crippen molar-refractivity contribution in [3.05, 3.63) is 66.4 Å².